The second-order valence-corrected chi connectivity index (χ2v) is 6.85. The zero-order valence-corrected chi connectivity index (χ0v) is 13.8. The van der Waals surface area contributed by atoms with E-state index < -0.39 is 10.0 Å². The lowest BCUT2D eigenvalue weighted by molar-refractivity contribution is 0.400. The minimum atomic E-state index is -3.70. The fourth-order valence-corrected chi connectivity index (χ4v) is 2.92. The van der Waals surface area contributed by atoms with Gasteiger partial charge in [-0.25, -0.2) is 8.42 Å². The van der Waals surface area contributed by atoms with Crippen LogP contribution in [0.1, 0.15) is 11.3 Å². The van der Waals surface area contributed by atoms with Gasteiger partial charge in [0.05, 0.1) is 4.90 Å². The molecule has 0 bridgehead atoms. The lowest BCUT2D eigenvalue weighted by Crippen LogP contribution is -2.14. The number of aryl methyl sites for hydroxylation is 2. The van der Waals surface area contributed by atoms with Crippen molar-refractivity contribution < 1.29 is 12.9 Å². The molecule has 0 aliphatic rings. The molecule has 0 saturated carbocycles. The van der Waals surface area contributed by atoms with Gasteiger partial charge in [0, 0.05) is 6.07 Å². The van der Waals surface area contributed by atoms with Crippen LogP contribution in [-0.4, -0.2) is 23.8 Å². The van der Waals surface area contributed by atoms with Gasteiger partial charge in [0.15, 0.2) is 17.5 Å². The first kappa shape index (κ1) is 15.9. The predicted octanol–water partition coefficient (Wildman–Crippen LogP) is 2.63. The Hall–Kier alpha value is -2.94. The summed E-state index contributed by atoms with van der Waals surface area (Å²) in [5.41, 5.74) is 0.979. The molecule has 0 radical (unpaired) electrons. The third-order valence-electron chi connectivity index (χ3n) is 3.12. The average molecular weight is 345 g/mol. The standard InChI is InChI=1S/C15H15N5O3S/c1-10-3-5-12(6-4-10)24(21,22)20-14-8-7-13(17-18-14)16-15-9-11(2)23-19-15/h3-9H,1-2H3,(H,18,20)(H,16,17,19). The van der Waals surface area contributed by atoms with E-state index in [2.05, 4.69) is 25.4 Å². The van der Waals surface area contributed by atoms with Crippen LogP contribution in [0.15, 0.2) is 51.9 Å². The monoisotopic (exact) mass is 345 g/mol. The van der Waals surface area contributed by atoms with Crippen LogP contribution >= 0.6 is 0 Å². The third kappa shape index (κ3) is 3.69. The van der Waals surface area contributed by atoms with Crippen molar-refractivity contribution in [3.63, 3.8) is 0 Å². The highest BCUT2D eigenvalue weighted by Crippen LogP contribution is 2.17. The number of hydrogen-bond acceptors (Lipinski definition) is 7. The van der Waals surface area contributed by atoms with E-state index in [1.165, 1.54) is 18.2 Å². The van der Waals surface area contributed by atoms with Gasteiger partial charge in [-0.15, -0.1) is 10.2 Å². The van der Waals surface area contributed by atoms with Crippen molar-refractivity contribution in [2.75, 3.05) is 10.0 Å². The Morgan fingerprint density at radius 1 is 0.917 bits per heavy atom. The molecule has 8 nitrogen and oxygen atoms in total. The van der Waals surface area contributed by atoms with Gasteiger partial charge >= 0.3 is 0 Å². The molecule has 24 heavy (non-hydrogen) atoms. The molecule has 2 N–H and O–H groups in total. The van der Waals surface area contributed by atoms with Crippen LogP contribution in [-0.2, 0) is 10.0 Å². The summed E-state index contributed by atoms with van der Waals surface area (Å²) in [4.78, 5) is 0.162. The largest absolute Gasteiger partial charge is 0.360 e. The highest BCUT2D eigenvalue weighted by Gasteiger charge is 2.14. The summed E-state index contributed by atoms with van der Waals surface area (Å²) in [6, 6.07) is 11.3. The molecule has 0 unspecified atom stereocenters. The van der Waals surface area contributed by atoms with Gasteiger partial charge in [-0.3, -0.25) is 4.72 Å². The van der Waals surface area contributed by atoms with Gasteiger partial charge in [0.25, 0.3) is 10.0 Å². The number of sulfonamides is 1. The first-order valence-electron chi connectivity index (χ1n) is 7.06. The van der Waals surface area contributed by atoms with E-state index in [1.54, 1.807) is 31.2 Å². The van der Waals surface area contributed by atoms with Gasteiger partial charge in [0.1, 0.15) is 5.76 Å². The van der Waals surface area contributed by atoms with Crippen LogP contribution in [0.5, 0.6) is 0 Å². The maximum absolute atomic E-state index is 12.3. The van der Waals surface area contributed by atoms with Crippen molar-refractivity contribution in [1.82, 2.24) is 15.4 Å². The second-order valence-electron chi connectivity index (χ2n) is 5.17. The summed E-state index contributed by atoms with van der Waals surface area (Å²) in [5, 5.41) is 14.4. The zero-order valence-electron chi connectivity index (χ0n) is 13.0. The molecule has 3 aromatic rings. The molecule has 0 spiro atoms. The van der Waals surface area contributed by atoms with E-state index in [4.69, 9.17) is 4.52 Å². The van der Waals surface area contributed by atoms with Crippen molar-refractivity contribution in [2.45, 2.75) is 18.7 Å². The predicted molar refractivity (Wildman–Crippen MR) is 88.5 cm³/mol. The topological polar surface area (TPSA) is 110 Å². The Balaban J connectivity index is 1.72. The lowest BCUT2D eigenvalue weighted by Gasteiger charge is -2.07. The molecule has 2 aromatic heterocycles. The fourth-order valence-electron chi connectivity index (χ4n) is 1.92. The number of nitrogens with one attached hydrogen (secondary N) is 2. The summed E-state index contributed by atoms with van der Waals surface area (Å²) < 4.78 is 31.9. The van der Waals surface area contributed by atoms with E-state index >= 15 is 0 Å². The molecule has 0 aliphatic carbocycles. The normalized spacial score (nSPS) is 11.2. The minimum absolute atomic E-state index is 0.123. The molecular formula is C15H15N5O3S. The van der Waals surface area contributed by atoms with Crippen LogP contribution in [0.3, 0.4) is 0 Å². The Morgan fingerprint density at radius 2 is 1.58 bits per heavy atom. The van der Waals surface area contributed by atoms with Gasteiger partial charge in [-0.05, 0) is 38.1 Å². The van der Waals surface area contributed by atoms with Crippen molar-refractivity contribution in [3.05, 3.63) is 53.8 Å². The minimum Gasteiger partial charge on any atom is -0.360 e. The summed E-state index contributed by atoms with van der Waals surface area (Å²) in [7, 11) is -3.70. The number of benzene rings is 1. The molecule has 124 valence electrons. The van der Waals surface area contributed by atoms with E-state index in [0.717, 1.165) is 5.56 Å². The van der Waals surface area contributed by atoms with Crippen LogP contribution < -0.4 is 10.0 Å². The summed E-state index contributed by atoms with van der Waals surface area (Å²) in [6.45, 7) is 3.66. The Labute approximate surface area is 139 Å². The molecule has 3 rings (SSSR count). The van der Waals surface area contributed by atoms with Crippen molar-refractivity contribution >= 4 is 27.5 Å². The number of aromatic nitrogens is 3. The van der Waals surface area contributed by atoms with Gasteiger partial charge < -0.3 is 9.84 Å². The van der Waals surface area contributed by atoms with Gasteiger partial charge in [0.2, 0.25) is 0 Å². The summed E-state index contributed by atoms with van der Waals surface area (Å²) in [5.74, 6) is 1.70. The third-order valence-corrected chi connectivity index (χ3v) is 4.49. The van der Waals surface area contributed by atoms with E-state index in [-0.39, 0.29) is 10.7 Å². The van der Waals surface area contributed by atoms with Gasteiger partial charge in [-0.1, -0.05) is 22.9 Å². The van der Waals surface area contributed by atoms with Gasteiger partial charge in [-0.2, -0.15) is 0 Å². The highest BCUT2D eigenvalue weighted by molar-refractivity contribution is 7.92. The molecule has 0 aliphatic heterocycles. The maximum atomic E-state index is 12.3. The Bertz CT molecular complexity index is 934. The molecule has 0 amide bonds. The van der Waals surface area contributed by atoms with E-state index in [0.29, 0.717) is 17.4 Å². The number of hydrogen-bond donors (Lipinski definition) is 2. The quantitative estimate of drug-likeness (QED) is 0.731. The first-order valence-corrected chi connectivity index (χ1v) is 8.54. The van der Waals surface area contributed by atoms with Crippen molar-refractivity contribution in [1.29, 1.82) is 0 Å². The van der Waals surface area contributed by atoms with Crippen LogP contribution in [0.4, 0.5) is 17.5 Å². The Kier molecular flexibility index (Phi) is 4.17. The Morgan fingerprint density at radius 3 is 2.17 bits per heavy atom. The fraction of sp³-hybridized carbons (Fsp3) is 0.133. The van der Waals surface area contributed by atoms with E-state index in [9.17, 15) is 8.42 Å². The molecular weight excluding hydrogens is 330 g/mol. The number of nitrogens with zero attached hydrogens (tertiary/aromatic N) is 3. The molecule has 0 saturated heterocycles. The second kappa shape index (κ2) is 6.28. The van der Waals surface area contributed by atoms with Crippen molar-refractivity contribution in [2.24, 2.45) is 0 Å². The van der Waals surface area contributed by atoms with Crippen molar-refractivity contribution in [3.8, 4) is 0 Å². The SMILES string of the molecule is Cc1ccc(S(=O)(=O)Nc2ccc(Nc3cc(C)on3)nn2)cc1. The average Bonchev–Trinajstić information content (AvgIpc) is 2.94. The van der Waals surface area contributed by atoms with Crippen LogP contribution in [0, 0.1) is 13.8 Å². The summed E-state index contributed by atoms with van der Waals surface area (Å²) >= 11 is 0. The zero-order chi connectivity index (χ0) is 17.2. The van der Waals surface area contributed by atoms with Crippen LogP contribution in [0.2, 0.25) is 0 Å². The smallest absolute Gasteiger partial charge is 0.263 e. The van der Waals surface area contributed by atoms with Crippen LogP contribution in [0.25, 0.3) is 0 Å². The molecule has 0 atom stereocenters. The summed E-state index contributed by atoms with van der Waals surface area (Å²) in [6.07, 6.45) is 0. The first-order chi connectivity index (χ1) is 11.4. The highest BCUT2D eigenvalue weighted by atomic mass is 32.2. The van der Waals surface area contributed by atoms with E-state index in [1.807, 2.05) is 6.92 Å². The molecule has 0 fully saturated rings. The molecule has 9 heteroatoms. The lowest BCUT2D eigenvalue weighted by atomic mass is 10.2. The number of anilines is 3. The maximum Gasteiger partial charge on any atom is 0.263 e. The molecule has 1 aromatic carbocycles. The number of rotatable bonds is 5. The molecule has 2 heterocycles.